The van der Waals surface area contributed by atoms with Gasteiger partial charge in [0.2, 0.25) is 0 Å². The van der Waals surface area contributed by atoms with Crippen molar-refractivity contribution in [1.29, 1.82) is 0 Å². The Hall–Kier alpha value is -1.22. The molecule has 0 amide bonds. The molecule has 0 bridgehead atoms. The van der Waals surface area contributed by atoms with Gasteiger partial charge >= 0.3 is 0 Å². The lowest BCUT2D eigenvalue weighted by Crippen LogP contribution is -2.14. The second-order valence-corrected chi connectivity index (χ2v) is 5.62. The summed E-state index contributed by atoms with van der Waals surface area (Å²) in [7, 11) is 1.64. The number of ether oxygens (including phenoxy) is 1. The van der Waals surface area contributed by atoms with Gasteiger partial charge in [-0.2, -0.15) is 0 Å². The summed E-state index contributed by atoms with van der Waals surface area (Å²) in [6.07, 6.45) is 0.642. The third kappa shape index (κ3) is 3.45. The maximum Gasteiger partial charge on any atom is 0.122 e. The minimum atomic E-state index is -0.152. The van der Waals surface area contributed by atoms with Crippen LogP contribution in [0, 0.1) is 6.92 Å². The topological polar surface area (TPSA) is 35.2 Å². The number of hydrogen-bond donors (Lipinski definition) is 1. The molecule has 0 aliphatic carbocycles. The molecule has 0 saturated heterocycles. The van der Waals surface area contributed by atoms with Crippen LogP contribution in [-0.4, -0.2) is 7.11 Å². The molecule has 20 heavy (non-hydrogen) atoms. The number of methoxy groups -OCH3 is 1. The van der Waals surface area contributed by atoms with Gasteiger partial charge < -0.3 is 10.5 Å². The van der Waals surface area contributed by atoms with Gasteiger partial charge in [-0.25, -0.2) is 0 Å². The van der Waals surface area contributed by atoms with Gasteiger partial charge in [-0.3, -0.25) is 0 Å². The Bertz CT molecular complexity index is 613. The van der Waals surface area contributed by atoms with Crippen molar-refractivity contribution >= 4 is 23.2 Å². The summed E-state index contributed by atoms with van der Waals surface area (Å²) in [4.78, 5) is 0. The first-order valence-electron chi connectivity index (χ1n) is 6.35. The Balaban J connectivity index is 2.24. The van der Waals surface area contributed by atoms with Gasteiger partial charge in [0.15, 0.2) is 0 Å². The smallest absolute Gasteiger partial charge is 0.122 e. The molecule has 0 aromatic heterocycles. The van der Waals surface area contributed by atoms with Gasteiger partial charge in [0.05, 0.1) is 7.11 Å². The normalized spacial score (nSPS) is 12.2. The first-order chi connectivity index (χ1) is 9.51. The van der Waals surface area contributed by atoms with E-state index in [9.17, 15) is 0 Å². The van der Waals surface area contributed by atoms with Crippen LogP contribution >= 0.6 is 23.2 Å². The van der Waals surface area contributed by atoms with Crippen LogP contribution in [0.3, 0.4) is 0 Å². The van der Waals surface area contributed by atoms with E-state index in [4.69, 9.17) is 33.7 Å². The van der Waals surface area contributed by atoms with Crippen LogP contribution in [0.15, 0.2) is 36.4 Å². The summed E-state index contributed by atoms with van der Waals surface area (Å²) in [5.74, 6) is 0.794. The van der Waals surface area contributed by atoms with Crippen molar-refractivity contribution in [3.05, 3.63) is 63.1 Å². The first-order valence-corrected chi connectivity index (χ1v) is 7.11. The van der Waals surface area contributed by atoms with Crippen LogP contribution in [0.4, 0.5) is 0 Å². The molecule has 0 aliphatic rings. The second kappa shape index (κ2) is 6.49. The van der Waals surface area contributed by atoms with Crippen LogP contribution in [-0.2, 0) is 6.42 Å². The molecule has 1 atom stereocenters. The van der Waals surface area contributed by atoms with E-state index < -0.39 is 0 Å². The average Bonchev–Trinajstić information content (AvgIpc) is 2.42. The minimum absolute atomic E-state index is 0.152. The molecule has 0 spiro atoms. The van der Waals surface area contributed by atoms with Crippen LogP contribution in [0.5, 0.6) is 5.75 Å². The van der Waals surface area contributed by atoms with Crippen LogP contribution in [0.25, 0.3) is 0 Å². The number of rotatable bonds is 4. The SMILES string of the molecule is COc1ccc(Cl)cc1CC(N)c1ccc(C)c(Cl)c1. The molecular formula is C16H17Cl2NO. The van der Waals surface area contributed by atoms with Crippen molar-refractivity contribution < 1.29 is 4.74 Å². The molecule has 0 radical (unpaired) electrons. The highest BCUT2D eigenvalue weighted by Gasteiger charge is 2.12. The maximum absolute atomic E-state index is 6.26. The Morgan fingerprint density at radius 3 is 2.55 bits per heavy atom. The lowest BCUT2D eigenvalue weighted by atomic mass is 9.98. The van der Waals surface area contributed by atoms with Crippen molar-refractivity contribution in [2.45, 2.75) is 19.4 Å². The zero-order valence-corrected chi connectivity index (χ0v) is 13.0. The molecule has 2 aromatic rings. The Labute approximate surface area is 129 Å². The Morgan fingerprint density at radius 1 is 1.15 bits per heavy atom. The molecule has 2 aromatic carbocycles. The number of halogens is 2. The first kappa shape index (κ1) is 15.2. The monoisotopic (exact) mass is 309 g/mol. The van der Waals surface area contributed by atoms with Crippen molar-refractivity contribution in [3.8, 4) is 5.75 Å². The van der Waals surface area contributed by atoms with Crippen molar-refractivity contribution in [2.24, 2.45) is 5.73 Å². The fourth-order valence-electron chi connectivity index (χ4n) is 2.10. The second-order valence-electron chi connectivity index (χ2n) is 4.78. The Morgan fingerprint density at radius 2 is 1.90 bits per heavy atom. The van der Waals surface area contributed by atoms with E-state index in [1.165, 1.54) is 0 Å². The van der Waals surface area contributed by atoms with Crippen LogP contribution < -0.4 is 10.5 Å². The van der Waals surface area contributed by atoms with Gasteiger partial charge in [-0.05, 0) is 54.3 Å². The number of hydrogen-bond acceptors (Lipinski definition) is 2. The van der Waals surface area contributed by atoms with Gasteiger partial charge in [-0.15, -0.1) is 0 Å². The Kier molecular flexibility index (Phi) is 4.92. The van der Waals surface area contributed by atoms with Crippen molar-refractivity contribution in [2.75, 3.05) is 7.11 Å². The van der Waals surface area contributed by atoms with Gasteiger partial charge in [0.1, 0.15) is 5.75 Å². The highest BCUT2D eigenvalue weighted by atomic mass is 35.5. The van der Waals surface area contributed by atoms with E-state index in [0.29, 0.717) is 11.4 Å². The molecule has 2 rings (SSSR count). The van der Waals surface area contributed by atoms with Crippen molar-refractivity contribution in [3.63, 3.8) is 0 Å². The molecule has 2 N–H and O–H groups in total. The lowest BCUT2D eigenvalue weighted by Gasteiger charge is -2.15. The molecule has 0 saturated carbocycles. The largest absolute Gasteiger partial charge is 0.496 e. The highest BCUT2D eigenvalue weighted by molar-refractivity contribution is 6.31. The van der Waals surface area contributed by atoms with E-state index >= 15 is 0 Å². The van der Waals surface area contributed by atoms with E-state index in [0.717, 1.165) is 27.5 Å². The van der Waals surface area contributed by atoms with Crippen LogP contribution in [0.2, 0.25) is 10.0 Å². The molecule has 0 aliphatic heterocycles. The highest BCUT2D eigenvalue weighted by Crippen LogP contribution is 2.28. The summed E-state index contributed by atoms with van der Waals surface area (Å²) < 4.78 is 5.34. The summed E-state index contributed by atoms with van der Waals surface area (Å²) >= 11 is 12.2. The summed E-state index contributed by atoms with van der Waals surface area (Å²) in [6.45, 7) is 1.97. The maximum atomic E-state index is 6.26. The number of aryl methyl sites for hydroxylation is 1. The van der Waals surface area contributed by atoms with Gasteiger partial charge in [0.25, 0.3) is 0 Å². The van der Waals surface area contributed by atoms with E-state index in [-0.39, 0.29) is 6.04 Å². The van der Waals surface area contributed by atoms with Crippen molar-refractivity contribution in [1.82, 2.24) is 0 Å². The fraction of sp³-hybridized carbons (Fsp3) is 0.250. The molecule has 2 nitrogen and oxygen atoms in total. The third-order valence-corrected chi connectivity index (χ3v) is 3.95. The summed E-state index contributed by atoms with van der Waals surface area (Å²) in [6, 6.07) is 11.3. The minimum Gasteiger partial charge on any atom is -0.496 e. The molecular weight excluding hydrogens is 293 g/mol. The number of nitrogens with two attached hydrogens (primary N) is 1. The molecule has 0 heterocycles. The quantitative estimate of drug-likeness (QED) is 0.899. The molecule has 106 valence electrons. The number of benzene rings is 2. The predicted octanol–water partition coefficient (Wildman–Crippen LogP) is 4.55. The van der Waals surface area contributed by atoms with E-state index in [1.54, 1.807) is 13.2 Å². The predicted molar refractivity (Wildman–Crippen MR) is 84.8 cm³/mol. The standard InChI is InChI=1S/C16H17Cl2NO/c1-10-3-4-11(8-14(10)18)15(19)9-12-7-13(17)5-6-16(12)20-2/h3-8,15H,9,19H2,1-2H3. The van der Waals surface area contributed by atoms with Crippen LogP contribution in [0.1, 0.15) is 22.7 Å². The zero-order valence-electron chi connectivity index (χ0n) is 11.5. The molecule has 1 unspecified atom stereocenters. The van der Waals surface area contributed by atoms with E-state index in [1.807, 2.05) is 37.3 Å². The van der Waals surface area contributed by atoms with Gasteiger partial charge in [0, 0.05) is 16.1 Å². The fourth-order valence-corrected chi connectivity index (χ4v) is 2.48. The van der Waals surface area contributed by atoms with E-state index in [2.05, 4.69) is 0 Å². The lowest BCUT2D eigenvalue weighted by molar-refractivity contribution is 0.408. The third-order valence-electron chi connectivity index (χ3n) is 3.31. The zero-order chi connectivity index (χ0) is 14.7. The summed E-state index contributed by atoms with van der Waals surface area (Å²) in [5.41, 5.74) is 9.30. The van der Waals surface area contributed by atoms with Gasteiger partial charge in [-0.1, -0.05) is 35.3 Å². The molecule has 4 heteroatoms. The molecule has 0 fully saturated rings. The average molecular weight is 310 g/mol. The summed E-state index contributed by atoms with van der Waals surface area (Å²) in [5, 5.41) is 1.41.